The molecule has 1 unspecified atom stereocenters. The number of nitrogens with zero attached hydrogens (tertiary/aromatic N) is 4. The lowest BCUT2D eigenvalue weighted by molar-refractivity contribution is 0.0931. The van der Waals surface area contributed by atoms with Gasteiger partial charge in [-0.25, -0.2) is 0 Å². The van der Waals surface area contributed by atoms with Crippen molar-refractivity contribution in [3.63, 3.8) is 0 Å². The van der Waals surface area contributed by atoms with Gasteiger partial charge >= 0.3 is 0 Å². The van der Waals surface area contributed by atoms with Crippen molar-refractivity contribution in [1.29, 1.82) is 0 Å². The highest BCUT2D eigenvalue weighted by Crippen LogP contribution is 2.16. The summed E-state index contributed by atoms with van der Waals surface area (Å²) in [6.07, 6.45) is 3.92. The average Bonchev–Trinajstić information content (AvgIpc) is 3.14. The lowest BCUT2D eigenvalue weighted by Crippen LogP contribution is -2.40. The van der Waals surface area contributed by atoms with Crippen LogP contribution in [0.5, 0.6) is 0 Å². The largest absolute Gasteiger partial charge is 0.376 e. The Bertz CT molecular complexity index is 778. The number of aliphatic imine (C=N–C) groups is 1. The topological polar surface area (TPSA) is 76.4 Å². The molecule has 0 saturated heterocycles. The van der Waals surface area contributed by atoms with Crippen molar-refractivity contribution in [1.82, 2.24) is 25.4 Å². The average molecular weight is 447 g/mol. The Kier molecular flexibility index (Phi) is 11.5. The second-order valence-corrected chi connectivity index (χ2v) is 8.97. The van der Waals surface area contributed by atoms with Crippen LogP contribution in [0, 0.1) is 11.8 Å². The lowest BCUT2D eigenvalue weighted by atomic mass is 10.2. The maximum Gasteiger partial charge on any atom is 0.190 e. The van der Waals surface area contributed by atoms with Gasteiger partial charge in [-0.3, -0.25) is 4.99 Å². The molecule has 0 fully saturated rings. The van der Waals surface area contributed by atoms with E-state index in [0.717, 1.165) is 49.4 Å². The van der Waals surface area contributed by atoms with Crippen molar-refractivity contribution >= 4 is 17.7 Å². The Morgan fingerprint density at radius 1 is 1.16 bits per heavy atom. The van der Waals surface area contributed by atoms with Crippen LogP contribution in [0.15, 0.2) is 40.5 Å². The molecule has 172 valence electrons. The number of ether oxygens (including phenoxy) is 1. The fraction of sp³-hybridized carbons (Fsp3) is 0.609. The minimum atomic E-state index is 0.391. The number of guanidine groups is 1. The first-order valence-electron chi connectivity index (χ1n) is 11.1. The first-order chi connectivity index (χ1) is 15.0. The van der Waals surface area contributed by atoms with E-state index in [-0.39, 0.29) is 0 Å². The third-order valence-electron chi connectivity index (χ3n) is 4.75. The van der Waals surface area contributed by atoms with E-state index in [9.17, 15) is 0 Å². The molecule has 0 spiro atoms. The van der Waals surface area contributed by atoms with Crippen molar-refractivity contribution in [3.05, 3.63) is 41.7 Å². The summed E-state index contributed by atoms with van der Waals surface area (Å²) >= 11 is 1.65. The number of nitrogens with one attached hydrogen (secondary N) is 2. The minimum absolute atomic E-state index is 0.391. The summed E-state index contributed by atoms with van der Waals surface area (Å²) < 4.78 is 8.08. The zero-order valence-electron chi connectivity index (χ0n) is 19.6. The highest BCUT2D eigenvalue weighted by Gasteiger charge is 2.12. The molecule has 0 aliphatic heterocycles. The molecule has 31 heavy (non-hydrogen) atoms. The number of rotatable bonds is 13. The van der Waals surface area contributed by atoms with Crippen LogP contribution in [-0.4, -0.2) is 53.7 Å². The van der Waals surface area contributed by atoms with E-state index in [1.54, 1.807) is 18.8 Å². The fourth-order valence-corrected chi connectivity index (χ4v) is 3.68. The third kappa shape index (κ3) is 9.31. The van der Waals surface area contributed by atoms with Gasteiger partial charge in [-0.2, -0.15) is 0 Å². The normalized spacial score (nSPS) is 12.9. The Morgan fingerprint density at radius 2 is 1.94 bits per heavy atom. The highest BCUT2D eigenvalue weighted by atomic mass is 32.2. The van der Waals surface area contributed by atoms with Gasteiger partial charge < -0.3 is 19.9 Å². The monoisotopic (exact) mass is 446 g/mol. The Hall–Kier alpha value is -2.06. The van der Waals surface area contributed by atoms with Crippen LogP contribution < -0.4 is 10.6 Å². The predicted octanol–water partition coefficient (Wildman–Crippen LogP) is 3.61. The van der Waals surface area contributed by atoms with Crippen molar-refractivity contribution in [3.8, 4) is 0 Å². The molecule has 1 aromatic carbocycles. The minimum Gasteiger partial charge on any atom is -0.376 e. The van der Waals surface area contributed by atoms with E-state index >= 15 is 0 Å². The second kappa shape index (κ2) is 14.1. The van der Waals surface area contributed by atoms with Crippen molar-refractivity contribution in [2.45, 2.75) is 51.9 Å². The van der Waals surface area contributed by atoms with Gasteiger partial charge in [-0.1, -0.05) is 62.9 Å². The van der Waals surface area contributed by atoms with Gasteiger partial charge in [0.25, 0.3) is 0 Å². The quantitative estimate of drug-likeness (QED) is 0.212. The van der Waals surface area contributed by atoms with Crippen LogP contribution in [0.4, 0.5) is 0 Å². The molecule has 8 heteroatoms. The Labute approximate surface area is 191 Å². The molecule has 2 rings (SSSR count). The fourth-order valence-electron chi connectivity index (χ4n) is 3.16. The van der Waals surface area contributed by atoms with Crippen LogP contribution in [-0.2, 0) is 24.3 Å². The van der Waals surface area contributed by atoms with E-state index in [1.165, 1.54) is 5.56 Å². The summed E-state index contributed by atoms with van der Waals surface area (Å²) in [5, 5.41) is 16.5. The van der Waals surface area contributed by atoms with Gasteiger partial charge in [-0.15, -0.1) is 10.2 Å². The Morgan fingerprint density at radius 3 is 2.61 bits per heavy atom. The van der Waals surface area contributed by atoms with E-state index in [1.807, 2.05) is 18.2 Å². The molecule has 2 aromatic rings. The number of aryl methyl sites for hydroxylation is 1. The van der Waals surface area contributed by atoms with Crippen LogP contribution in [0.1, 0.15) is 38.6 Å². The smallest absolute Gasteiger partial charge is 0.190 e. The van der Waals surface area contributed by atoms with Gasteiger partial charge in [0.2, 0.25) is 0 Å². The number of thioether (sulfide) groups is 1. The standard InChI is InChI=1S/C23H38N6OS/c1-18(2)15-29-21(27-28-23(29)31-5)12-9-13-25-22(24-4)26-14-19(3)16-30-17-20-10-7-6-8-11-20/h6-8,10-11,18-19H,9,12-17H2,1-5H3,(H2,24,25,26). The molecule has 2 N–H and O–H groups in total. The van der Waals surface area contributed by atoms with E-state index in [4.69, 9.17) is 4.74 Å². The van der Waals surface area contributed by atoms with Gasteiger partial charge in [0.15, 0.2) is 11.1 Å². The van der Waals surface area contributed by atoms with Crippen LogP contribution in [0.25, 0.3) is 0 Å². The van der Waals surface area contributed by atoms with Gasteiger partial charge in [0, 0.05) is 33.1 Å². The van der Waals surface area contributed by atoms with E-state index in [0.29, 0.717) is 25.0 Å². The van der Waals surface area contributed by atoms with Gasteiger partial charge in [0.1, 0.15) is 5.82 Å². The zero-order chi connectivity index (χ0) is 22.5. The van der Waals surface area contributed by atoms with Crippen LogP contribution in [0.2, 0.25) is 0 Å². The maximum absolute atomic E-state index is 5.83. The molecule has 0 amide bonds. The highest BCUT2D eigenvalue weighted by molar-refractivity contribution is 7.98. The Balaban J connectivity index is 1.65. The second-order valence-electron chi connectivity index (χ2n) is 8.20. The summed E-state index contributed by atoms with van der Waals surface area (Å²) in [5.41, 5.74) is 1.20. The molecule has 0 bridgehead atoms. The SMILES string of the molecule is CN=C(NCCCc1nnc(SC)n1CC(C)C)NCC(C)COCc1ccccc1. The molecule has 1 atom stereocenters. The molecule has 0 radical (unpaired) electrons. The molecule has 1 aromatic heterocycles. The van der Waals surface area contributed by atoms with Crippen LogP contribution >= 0.6 is 11.8 Å². The van der Waals surface area contributed by atoms with Crippen molar-refractivity contribution in [2.75, 3.05) is 33.0 Å². The summed E-state index contributed by atoms with van der Waals surface area (Å²) in [7, 11) is 1.80. The predicted molar refractivity (Wildman–Crippen MR) is 130 cm³/mol. The molecule has 0 saturated carbocycles. The lowest BCUT2D eigenvalue weighted by Gasteiger charge is -2.16. The summed E-state index contributed by atoms with van der Waals surface area (Å²) in [5.74, 6) is 2.85. The zero-order valence-corrected chi connectivity index (χ0v) is 20.4. The van der Waals surface area contributed by atoms with Crippen molar-refractivity contribution < 1.29 is 4.74 Å². The van der Waals surface area contributed by atoms with Gasteiger partial charge in [0.05, 0.1) is 13.2 Å². The van der Waals surface area contributed by atoms with E-state index < -0.39 is 0 Å². The van der Waals surface area contributed by atoms with Crippen LogP contribution in [0.3, 0.4) is 0 Å². The first kappa shape index (κ1) is 25.2. The maximum atomic E-state index is 5.83. The summed E-state index contributed by atoms with van der Waals surface area (Å²) in [6, 6.07) is 10.3. The molecule has 7 nitrogen and oxygen atoms in total. The number of hydrogen-bond acceptors (Lipinski definition) is 5. The molecular weight excluding hydrogens is 408 g/mol. The third-order valence-corrected chi connectivity index (χ3v) is 5.42. The molecular formula is C23H38N6OS. The number of hydrogen-bond donors (Lipinski definition) is 2. The number of benzene rings is 1. The van der Waals surface area contributed by atoms with Gasteiger partial charge in [-0.05, 0) is 30.1 Å². The molecule has 1 heterocycles. The first-order valence-corrected chi connectivity index (χ1v) is 12.3. The number of aromatic nitrogens is 3. The summed E-state index contributed by atoms with van der Waals surface area (Å²) in [6.45, 7) is 10.6. The summed E-state index contributed by atoms with van der Waals surface area (Å²) in [4.78, 5) is 4.32. The molecule has 0 aliphatic rings. The van der Waals surface area contributed by atoms with E-state index in [2.05, 4.69) is 69.6 Å². The van der Waals surface area contributed by atoms with Crippen molar-refractivity contribution in [2.24, 2.45) is 16.8 Å². The molecule has 0 aliphatic carbocycles.